The molecule has 0 saturated carbocycles. The Morgan fingerprint density at radius 1 is 1.86 bits per heavy atom. The molecule has 0 fully saturated rings. The molecule has 0 bridgehead atoms. The maximum absolute atomic E-state index is 10.0. The van der Waals surface area contributed by atoms with Crippen molar-refractivity contribution in [1.82, 2.24) is 5.43 Å². The Morgan fingerprint density at radius 2 is 2.43 bits per heavy atom. The molecule has 0 heterocycles. The molecular weight excluding hydrogens is 98.0 g/mol. The zero-order chi connectivity index (χ0) is 5.70. The van der Waals surface area contributed by atoms with E-state index < -0.39 is 5.28 Å². The summed E-state index contributed by atoms with van der Waals surface area (Å²) < 4.78 is 0. The molecule has 0 amide bonds. The van der Waals surface area contributed by atoms with E-state index in [0.717, 1.165) is 0 Å². The largest absolute Gasteiger partial charge is 0.621 e. The van der Waals surface area contributed by atoms with Crippen LogP contribution in [0, 0.1) is 5.21 Å². The zero-order valence-corrected chi connectivity index (χ0v) is 4.26. The fourth-order valence-corrected chi connectivity index (χ4v) is 0.129. The molecule has 0 radical (unpaired) electrons. The second kappa shape index (κ2) is 3.97. The third kappa shape index (κ3) is 3.64. The van der Waals surface area contributed by atoms with Crippen LogP contribution in [-0.2, 0) is 4.84 Å². The van der Waals surface area contributed by atoms with E-state index in [1.807, 2.05) is 0 Å². The van der Waals surface area contributed by atoms with Gasteiger partial charge in [-0.15, -0.1) is 0 Å². The van der Waals surface area contributed by atoms with Crippen LogP contribution in [0.4, 0.5) is 0 Å². The van der Waals surface area contributed by atoms with E-state index in [1.165, 1.54) is 14.2 Å². The minimum Gasteiger partial charge on any atom is -0.621 e. The predicted octanol–water partition coefficient (Wildman–Crippen LogP) is -1.65. The van der Waals surface area contributed by atoms with Crippen molar-refractivity contribution >= 4 is 0 Å². The van der Waals surface area contributed by atoms with Crippen molar-refractivity contribution in [3.63, 3.8) is 0 Å². The molecule has 0 aliphatic rings. The second-order valence-electron chi connectivity index (χ2n) is 0.829. The number of nitrogens with zero attached hydrogens (tertiary/aromatic N) is 1. The molecule has 0 aromatic heterocycles. The van der Waals surface area contributed by atoms with Crippen LogP contribution in [0.15, 0.2) is 0 Å². The summed E-state index contributed by atoms with van der Waals surface area (Å²) in [5.74, 6) is 0. The zero-order valence-electron chi connectivity index (χ0n) is 4.26. The molecule has 0 aromatic carbocycles. The second-order valence-corrected chi connectivity index (χ2v) is 0.829. The molecule has 0 spiro atoms. The van der Waals surface area contributed by atoms with Gasteiger partial charge in [0.25, 0.3) is 0 Å². The van der Waals surface area contributed by atoms with Crippen molar-refractivity contribution in [2.75, 3.05) is 14.2 Å². The van der Waals surface area contributed by atoms with Gasteiger partial charge in [-0.3, -0.25) is 0 Å². The third-order valence-corrected chi connectivity index (χ3v) is 0.388. The lowest BCUT2D eigenvalue weighted by Gasteiger charge is -2.30. The van der Waals surface area contributed by atoms with Crippen LogP contribution < -0.4 is 10.7 Å². The molecular formula is C2H8N3O2-. The summed E-state index contributed by atoms with van der Waals surface area (Å²) in [6.07, 6.45) is 0. The van der Waals surface area contributed by atoms with Crippen LogP contribution in [-0.4, -0.2) is 14.2 Å². The van der Waals surface area contributed by atoms with E-state index in [9.17, 15) is 5.21 Å². The van der Waals surface area contributed by atoms with Gasteiger partial charge in [0, 0.05) is 14.2 Å². The van der Waals surface area contributed by atoms with Gasteiger partial charge < -0.3 is 20.9 Å². The average molecular weight is 106 g/mol. The Bertz CT molecular complexity index is 41.9. The lowest BCUT2D eigenvalue weighted by molar-refractivity contribution is -0.871. The van der Waals surface area contributed by atoms with Gasteiger partial charge in [0.2, 0.25) is 0 Å². The number of nitrogens with one attached hydrogen (secondary N) is 2. The fourth-order valence-electron chi connectivity index (χ4n) is 0.129. The first-order chi connectivity index (χ1) is 3.31. The molecule has 5 heteroatoms. The smallest absolute Gasteiger partial charge is 0.0328 e. The summed E-state index contributed by atoms with van der Waals surface area (Å²) in [4.78, 5) is 4.11. The van der Waals surface area contributed by atoms with Crippen molar-refractivity contribution in [3.8, 4) is 0 Å². The highest BCUT2D eigenvalue weighted by atomic mass is 16.8. The van der Waals surface area contributed by atoms with Gasteiger partial charge in [0.15, 0.2) is 0 Å². The molecule has 7 heavy (non-hydrogen) atoms. The van der Waals surface area contributed by atoms with E-state index in [-0.39, 0.29) is 0 Å². The lowest BCUT2D eigenvalue weighted by Crippen LogP contribution is -3.09. The molecule has 2 N–H and O–H groups in total. The Labute approximate surface area is 41.7 Å². The highest BCUT2D eigenvalue weighted by molar-refractivity contribution is 4.21. The number of rotatable bonds is 3. The Kier molecular flexibility index (Phi) is 3.86. The fraction of sp³-hybridized carbons (Fsp3) is 1.00. The van der Waals surface area contributed by atoms with Gasteiger partial charge in [-0.1, -0.05) is 0 Å². The Balaban J connectivity index is 2.83. The number of quaternary nitrogens is 1. The summed E-state index contributed by atoms with van der Waals surface area (Å²) in [6.45, 7) is 0. The first-order valence-corrected chi connectivity index (χ1v) is 1.77. The highest BCUT2D eigenvalue weighted by Gasteiger charge is 1.67. The van der Waals surface area contributed by atoms with E-state index >= 15 is 0 Å². The van der Waals surface area contributed by atoms with Crippen molar-refractivity contribution in [3.05, 3.63) is 10.8 Å². The van der Waals surface area contributed by atoms with Crippen molar-refractivity contribution < 1.29 is 10.1 Å². The number of hydrogen-bond donors (Lipinski definition) is 2. The van der Waals surface area contributed by atoms with Crippen molar-refractivity contribution in [2.45, 2.75) is 0 Å². The van der Waals surface area contributed by atoms with Crippen LogP contribution in [0.2, 0.25) is 0 Å². The van der Waals surface area contributed by atoms with Gasteiger partial charge in [-0.05, 0) is 0 Å². The van der Waals surface area contributed by atoms with Gasteiger partial charge >= 0.3 is 0 Å². The van der Waals surface area contributed by atoms with Crippen LogP contribution in [0.5, 0.6) is 0 Å². The van der Waals surface area contributed by atoms with Crippen LogP contribution in [0.25, 0.3) is 5.59 Å². The molecule has 0 saturated heterocycles. The maximum atomic E-state index is 10.0. The molecule has 1 unspecified atom stereocenters. The van der Waals surface area contributed by atoms with Crippen molar-refractivity contribution in [2.24, 2.45) is 0 Å². The van der Waals surface area contributed by atoms with Gasteiger partial charge in [0.1, 0.15) is 0 Å². The monoisotopic (exact) mass is 106 g/mol. The Hall–Kier alpha value is -0.200. The molecule has 0 aliphatic heterocycles. The summed E-state index contributed by atoms with van der Waals surface area (Å²) in [5, 5.41) is 9.54. The number of hydrogen-bond acceptors (Lipinski definition) is 3. The molecule has 5 nitrogen and oxygen atoms in total. The van der Waals surface area contributed by atoms with Gasteiger partial charge in [-0.2, -0.15) is 5.43 Å². The minimum absolute atomic E-state index is 0.470. The molecule has 0 aromatic rings. The van der Waals surface area contributed by atoms with E-state index in [1.54, 1.807) is 0 Å². The van der Waals surface area contributed by atoms with E-state index in [4.69, 9.17) is 0 Å². The molecule has 44 valence electrons. The third-order valence-electron chi connectivity index (χ3n) is 0.388. The SMILES string of the molecule is CN[NH+]([O-])[N-]OC. The van der Waals surface area contributed by atoms with Gasteiger partial charge in [-0.25, -0.2) is 0 Å². The van der Waals surface area contributed by atoms with Crippen LogP contribution >= 0.6 is 0 Å². The normalized spacial score (nSPS) is 14.1. The summed E-state index contributed by atoms with van der Waals surface area (Å²) in [7, 11) is 2.79. The van der Waals surface area contributed by atoms with E-state index in [2.05, 4.69) is 15.9 Å². The first-order valence-electron chi connectivity index (χ1n) is 1.77. The topological polar surface area (TPSA) is 62.9 Å². The quantitative estimate of drug-likeness (QED) is 0.424. The molecule has 0 rings (SSSR count). The Morgan fingerprint density at radius 3 is 2.57 bits per heavy atom. The van der Waals surface area contributed by atoms with Gasteiger partial charge in [0.05, 0.1) is 0 Å². The molecule has 1 atom stereocenters. The summed E-state index contributed by atoms with van der Waals surface area (Å²) in [6, 6.07) is 0. The van der Waals surface area contributed by atoms with Crippen LogP contribution in [0.3, 0.4) is 0 Å². The standard InChI is InChI=1S/C2H8N3O2/c1-3-5(6)4-7-2/h3,5H,1-2H3/q-1. The average Bonchev–Trinajstić information content (AvgIpc) is 1.68. The molecule has 0 aliphatic carbocycles. The lowest BCUT2D eigenvalue weighted by atomic mass is 11.5. The maximum Gasteiger partial charge on any atom is 0.0328 e. The minimum atomic E-state index is -0.470. The highest BCUT2D eigenvalue weighted by Crippen LogP contribution is 1.61. The van der Waals surface area contributed by atoms with Crippen molar-refractivity contribution in [1.29, 1.82) is 0 Å². The summed E-state index contributed by atoms with van der Waals surface area (Å²) >= 11 is 0. The summed E-state index contributed by atoms with van der Waals surface area (Å²) in [5.41, 5.74) is 5.23. The predicted molar refractivity (Wildman–Crippen MR) is 23.8 cm³/mol. The first kappa shape index (κ1) is 6.80. The van der Waals surface area contributed by atoms with E-state index in [0.29, 0.717) is 0 Å². The van der Waals surface area contributed by atoms with Crippen LogP contribution in [0.1, 0.15) is 0 Å².